The van der Waals surface area contributed by atoms with Crippen LogP contribution in [0.5, 0.6) is 0 Å². The van der Waals surface area contributed by atoms with Crippen molar-refractivity contribution in [2.75, 3.05) is 0 Å². The van der Waals surface area contributed by atoms with Gasteiger partial charge < -0.3 is 0 Å². The Morgan fingerprint density at radius 2 is 1.46 bits per heavy atom. The number of aldehydes is 1. The lowest BCUT2D eigenvalue weighted by Gasteiger charge is -2.03. The molecular weight excluding hydrogens is 301 g/mol. The summed E-state index contributed by atoms with van der Waals surface area (Å²) in [6.07, 6.45) is 0.327. The summed E-state index contributed by atoms with van der Waals surface area (Å²) in [6.45, 7) is 0. The first kappa shape index (κ1) is 13.9. The van der Waals surface area contributed by atoms with E-state index < -0.39 is 4.84 Å². The molecule has 0 rings (SSSR count). The fraction of sp³-hybridized carbons (Fsp3) is 0.167. The highest BCUT2D eigenvalue weighted by molar-refractivity contribution is 6.57. The SMILES string of the molecule is O=C/C(Cl)=C(Cl)/C(Cl)=C(\Cl)C(Cl)Cl. The highest BCUT2D eigenvalue weighted by atomic mass is 35.5. The van der Waals surface area contributed by atoms with Crippen molar-refractivity contribution in [2.24, 2.45) is 0 Å². The zero-order valence-electron chi connectivity index (χ0n) is 5.83. The summed E-state index contributed by atoms with van der Waals surface area (Å²) in [4.78, 5) is 9.16. The van der Waals surface area contributed by atoms with E-state index in [1.165, 1.54) is 0 Å². The van der Waals surface area contributed by atoms with E-state index in [9.17, 15) is 4.79 Å². The predicted octanol–water partition coefficient (Wildman–Crippen LogP) is 4.37. The Kier molecular flexibility index (Phi) is 6.83. The van der Waals surface area contributed by atoms with Crippen LogP contribution in [0.1, 0.15) is 0 Å². The van der Waals surface area contributed by atoms with Gasteiger partial charge in [0.1, 0.15) is 9.87 Å². The molecule has 13 heavy (non-hydrogen) atoms. The largest absolute Gasteiger partial charge is 0.297 e. The van der Waals surface area contributed by atoms with Gasteiger partial charge in [-0.3, -0.25) is 4.79 Å². The molecule has 0 unspecified atom stereocenters. The quantitative estimate of drug-likeness (QED) is 0.327. The minimum atomic E-state index is -1.01. The Hall–Kier alpha value is 0.890. The molecule has 0 saturated heterocycles. The van der Waals surface area contributed by atoms with Crippen LogP contribution >= 0.6 is 69.6 Å². The van der Waals surface area contributed by atoms with Crippen LogP contribution in [0.2, 0.25) is 0 Å². The fourth-order valence-corrected chi connectivity index (χ4v) is 1.33. The highest BCUT2D eigenvalue weighted by Gasteiger charge is 2.14. The van der Waals surface area contributed by atoms with Crippen LogP contribution in [-0.2, 0) is 4.79 Å². The third-order valence-corrected chi connectivity index (χ3v) is 3.33. The van der Waals surface area contributed by atoms with Crippen LogP contribution in [0, 0.1) is 0 Å². The summed E-state index contributed by atoms with van der Waals surface area (Å²) in [5.41, 5.74) is 0. The highest BCUT2D eigenvalue weighted by Crippen LogP contribution is 2.33. The van der Waals surface area contributed by atoms with Crippen molar-refractivity contribution in [1.82, 2.24) is 0 Å². The van der Waals surface area contributed by atoms with Gasteiger partial charge in [0.15, 0.2) is 6.29 Å². The molecule has 0 amide bonds. The number of hydrogen-bond acceptors (Lipinski definition) is 1. The lowest BCUT2D eigenvalue weighted by atomic mass is 10.4. The number of rotatable bonds is 3. The van der Waals surface area contributed by atoms with Crippen molar-refractivity contribution in [2.45, 2.75) is 4.84 Å². The summed E-state index contributed by atoms with van der Waals surface area (Å²) < 4.78 is 0. The molecular formula is C6H2Cl6O. The first-order valence-electron chi connectivity index (χ1n) is 2.76. The molecule has 0 radical (unpaired) electrons. The molecule has 0 aromatic heterocycles. The van der Waals surface area contributed by atoms with Gasteiger partial charge in [0, 0.05) is 0 Å². The molecule has 0 aliphatic carbocycles. The van der Waals surface area contributed by atoms with Gasteiger partial charge in [0.2, 0.25) is 0 Å². The van der Waals surface area contributed by atoms with Gasteiger partial charge in [-0.25, -0.2) is 0 Å². The molecule has 1 nitrogen and oxygen atoms in total. The predicted molar refractivity (Wildman–Crippen MR) is 59.0 cm³/mol. The van der Waals surface area contributed by atoms with E-state index in [0.29, 0.717) is 6.29 Å². The molecule has 0 atom stereocenters. The van der Waals surface area contributed by atoms with Crippen molar-refractivity contribution < 1.29 is 4.79 Å². The van der Waals surface area contributed by atoms with Crippen LogP contribution < -0.4 is 0 Å². The minimum absolute atomic E-state index is 0.0880. The van der Waals surface area contributed by atoms with Crippen molar-refractivity contribution >= 4 is 75.9 Å². The second-order valence-corrected chi connectivity index (χ2v) is 4.41. The molecule has 0 aliphatic heterocycles. The van der Waals surface area contributed by atoms with E-state index in [4.69, 9.17) is 69.6 Å². The number of halogens is 6. The van der Waals surface area contributed by atoms with E-state index in [2.05, 4.69) is 0 Å². The third kappa shape index (κ3) is 4.28. The van der Waals surface area contributed by atoms with Crippen LogP contribution in [0.4, 0.5) is 0 Å². The molecule has 7 heteroatoms. The van der Waals surface area contributed by atoms with Crippen molar-refractivity contribution in [1.29, 1.82) is 0 Å². The maximum atomic E-state index is 10.2. The van der Waals surface area contributed by atoms with Gasteiger partial charge in [0.05, 0.1) is 15.1 Å². The van der Waals surface area contributed by atoms with Crippen molar-refractivity contribution in [3.63, 3.8) is 0 Å². The lowest BCUT2D eigenvalue weighted by molar-refractivity contribution is -0.104. The molecule has 0 saturated carbocycles. The van der Waals surface area contributed by atoms with Crippen LogP contribution in [0.15, 0.2) is 20.1 Å². The first-order valence-corrected chi connectivity index (χ1v) is 5.14. The molecule has 0 spiro atoms. The Labute approximate surface area is 105 Å². The molecule has 0 aromatic rings. The van der Waals surface area contributed by atoms with Crippen LogP contribution in [-0.4, -0.2) is 11.1 Å². The summed E-state index contributed by atoms with van der Waals surface area (Å²) in [6, 6.07) is 0. The van der Waals surface area contributed by atoms with Gasteiger partial charge in [-0.1, -0.05) is 69.6 Å². The van der Waals surface area contributed by atoms with Gasteiger partial charge >= 0.3 is 0 Å². The number of alkyl halides is 2. The summed E-state index contributed by atoms with van der Waals surface area (Å²) >= 11 is 32.9. The van der Waals surface area contributed by atoms with Crippen LogP contribution in [0.25, 0.3) is 0 Å². The maximum absolute atomic E-state index is 10.2. The first-order chi connectivity index (χ1) is 5.91. The number of hydrogen-bond donors (Lipinski definition) is 0. The molecule has 0 aromatic carbocycles. The Bertz CT molecular complexity index is 266. The Balaban J connectivity index is 5.10. The third-order valence-electron chi connectivity index (χ3n) is 0.907. The van der Waals surface area contributed by atoms with E-state index in [1.807, 2.05) is 0 Å². The van der Waals surface area contributed by atoms with Gasteiger partial charge in [-0.15, -0.1) is 0 Å². The second kappa shape index (κ2) is 6.39. The zero-order chi connectivity index (χ0) is 10.6. The monoisotopic (exact) mass is 300 g/mol. The van der Waals surface area contributed by atoms with E-state index in [0.717, 1.165) is 0 Å². The van der Waals surface area contributed by atoms with Gasteiger partial charge in [0.25, 0.3) is 0 Å². The average Bonchev–Trinajstić information content (AvgIpc) is 2.12. The number of carbonyl (C=O) groups excluding carboxylic acids is 1. The topological polar surface area (TPSA) is 17.1 Å². The molecule has 0 N–H and O–H groups in total. The number of allylic oxidation sites excluding steroid dienone is 4. The lowest BCUT2D eigenvalue weighted by Crippen LogP contribution is -1.91. The summed E-state index contributed by atoms with van der Waals surface area (Å²) in [7, 11) is 0. The normalized spacial score (nSPS) is 15.3. The number of carbonyl (C=O) groups is 1. The smallest absolute Gasteiger partial charge is 0.162 e. The molecule has 0 fully saturated rings. The van der Waals surface area contributed by atoms with Gasteiger partial charge in [-0.2, -0.15) is 0 Å². The van der Waals surface area contributed by atoms with E-state index in [-0.39, 0.29) is 20.1 Å². The van der Waals surface area contributed by atoms with Crippen LogP contribution in [0.3, 0.4) is 0 Å². The summed E-state index contributed by atoms with van der Waals surface area (Å²) in [5.74, 6) is 0. The maximum Gasteiger partial charge on any atom is 0.162 e. The molecule has 74 valence electrons. The fourth-order valence-electron chi connectivity index (χ4n) is 0.357. The molecule has 0 bridgehead atoms. The van der Waals surface area contributed by atoms with E-state index >= 15 is 0 Å². The molecule has 0 aliphatic rings. The van der Waals surface area contributed by atoms with Gasteiger partial charge in [-0.05, 0) is 0 Å². The Morgan fingerprint density at radius 3 is 1.77 bits per heavy atom. The standard InChI is InChI=1S/C6H2Cl6O/c7-2(1-13)3(8)4(9)5(10)6(11)12/h1,6H/b3-2+,5-4+. The average molecular weight is 303 g/mol. The van der Waals surface area contributed by atoms with Crippen molar-refractivity contribution in [3.8, 4) is 0 Å². The summed E-state index contributed by atoms with van der Waals surface area (Å²) in [5, 5.41) is -0.682. The minimum Gasteiger partial charge on any atom is -0.297 e. The second-order valence-electron chi connectivity index (χ2n) is 1.74. The van der Waals surface area contributed by atoms with E-state index in [1.54, 1.807) is 0 Å². The molecule has 0 heterocycles. The van der Waals surface area contributed by atoms with Crippen molar-refractivity contribution in [3.05, 3.63) is 20.1 Å². The Morgan fingerprint density at radius 1 is 1.00 bits per heavy atom. The zero-order valence-corrected chi connectivity index (χ0v) is 10.4.